The van der Waals surface area contributed by atoms with Gasteiger partial charge in [0.25, 0.3) is 0 Å². The molecular formula is C22H20N2O. The first kappa shape index (κ1) is 15.5. The summed E-state index contributed by atoms with van der Waals surface area (Å²) in [5, 5.41) is 3.50. The second kappa shape index (κ2) is 7.22. The Bertz CT molecular complexity index is 859. The van der Waals surface area contributed by atoms with Crippen LogP contribution in [0.15, 0.2) is 89.9 Å². The molecule has 25 heavy (non-hydrogen) atoms. The number of hydrogen-bond donors (Lipinski definition) is 1. The summed E-state index contributed by atoms with van der Waals surface area (Å²) in [5.74, 6) is 0.713. The van der Waals surface area contributed by atoms with Gasteiger partial charge in [0.05, 0.1) is 5.56 Å². The smallest absolute Gasteiger partial charge is 0.219 e. The number of anilines is 1. The van der Waals surface area contributed by atoms with Gasteiger partial charge in [-0.2, -0.15) is 0 Å². The van der Waals surface area contributed by atoms with Crippen molar-refractivity contribution in [2.24, 2.45) is 4.99 Å². The number of rotatable bonds is 5. The van der Waals surface area contributed by atoms with E-state index in [9.17, 15) is 0 Å². The Hall–Kier alpha value is -3.07. The maximum atomic E-state index is 5.91. The first-order chi connectivity index (χ1) is 12.4. The molecule has 1 aliphatic heterocycles. The van der Waals surface area contributed by atoms with Crippen LogP contribution in [0.5, 0.6) is 0 Å². The van der Waals surface area contributed by atoms with Crippen molar-refractivity contribution < 1.29 is 4.74 Å². The van der Waals surface area contributed by atoms with Crippen molar-refractivity contribution in [1.29, 1.82) is 0 Å². The summed E-state index contributed by atoms with van der Waals surface area (Å²) in [6, 6.07) is 28.9. The molecular weight excluding hydrogens is 308 g/mol. The van der Waals surface area contributed by atoms with Gasteiger partial charge < -0.3 is 10.1 Å². The van der Waals surface area contributed by atoms with E-state index in [-0.39, 0.29) is 6.04 Å². The highest BCUT2D eigenvalue weighted by atomic mass is 16.5. The van der Waals surface area contributed by atoms with Gasteiger partial charge in [-0.3, -0.25) is 0 Å². The van der Waals surface area contributed by atoms with Gasteiger partial charge in [-0.15, -0.1) is 0 Å². The van der Waals surface area contributed by atoms with E-state index >= 15 is 0 Å². The second-order valence-electron chi connectivity index (χ2n) is 6.06. The standard InChI is InChI=1S/C22H20N2O/c1-3-9-17(10-4-1)15-23-20-14-8-7-13-19(20)22-24-21(16-25-22)18-11-5-2-6-12-18/h1-14,21,23H,15-16H2/t21-/m1/s1. The third kappa shape index (κ3) is 3.56. The fourth-order valence-electron chi connectivity index (χ4n) is 2.98. The quantitative estimate of drug-likeness (QED) is 0.729. The maximum absolute atomic E-state index is 5.91. The zero-order chi connectivity index (χ0) is 16.9. The lowest BCUT2D eigenvalue weighted by molar-refractivity contribution is 0.320. The normalized spacial score (nSPS) is 16.2. The van der Waals surface area contributed by atoms with E-state index in [1.165, 1.54) is 11.1 Å². The molecule has 0 bridgehead atoms. The molecule has 0 spiro atoms. The van der Waals surface area contributed by atoms with E-state index in [2.05, 4.69) is 53.8 Å². The molecule has 0 radical (unpaired) electrons. The van der Waals surface area contributed by atoms with Crippen molar-refractivity contribution >= 4 is 11.6 Å². The molecule has 1 N–H and O–H groups in total. The van der Waals surface area contributed by atoms with E-state index in [4.69, 9.17) is 9.73 Å². The van der Waals surface area contributed by atoms with Gasteiger partial charge in [0.15, 0.2) is 0 Å². The van der Waals surface area contributed by atoms with Crippen molar-refractivity contribution in [3.05, 3.63) is 102 Å². The zero-order valence-corrected chi connectivity index (χ0v) is 13.9. The van der Waals surface area contributed by atoms with E-state index in [0.29, 0.717) is 12.5 Å². The van der Waals surface area contributed by atoms with Crippen LogP contribution in [0.4, 0.5) is 5.69 Å². The fourth-order valence-corrected chi connectivity index (χ4v) is 2.98. The largest absolute Gasteiger partial charge is 0.475 e. The van der Waals surface area contributed by atoms with Crippen molar-refractivity contribution in [3.8, 4) is 0 Å². The Morgan fingerprint density at radius 1 is 0.840 bits per heavy atom. The highest BCUT2D eigenvalue weighted by Gasteiger charge is 2.23. The van der Waals surface area contributed by atoms with E-state index in [1.807, 2.05) is 36.4 Å². The summed E-state index contributed by atoms with van der Waals surface area (Å²) in [6.07, 6.45) is 0. The number of aliphatic imine (C=N–C) groups is 1. The molecule has 1 heterocycles. The van der Waals surface area contributed by atoms with Crippen LogP contribution in [0, 0.1) is 0 Å². The molecule has 0 aromatic heterocycles. The molecule has 3 aromatic carbocycles. The summed E-state index contributed by atoms with van der Waals surface area (Å²) in [6.45, 7) is 1.36. The molecule has 0 unspecified atom stereocenters. The minimum atomic E-state index is 0.0679. The highest BCUT2D eigenvalue weighted by Crippen LogP contribution is 2.27. The van der Waals surface area contributed by atoms with E-state index < -0.39 is 0 Å². The molecule has 1 aliphatic rings. The van der Waals surface area contributed by atoms with Crippen LogP contribution in [-0.4, -0.2) is 12.5 Å². The SMILES string of the molecule is c1ccc(CNc2ccccc2C2=N[C@@H](c3ccccc3)CO2)cc1. The Morgan fingerprint density at radius 3 is 2.32 bits per heavy atom. The molecule has 0 aliphatic carbocycles. The zero-order valence-electron chi connectivity index (χ0n) is 13.9. The average Bonchev–Trinajstić information content (AvgIpc) is 3.18. The second-order valence-corrected chi connectivity index (χ2v) is 6.06. The Labute approximate surface area is 148 Å². The number of benzene rings is 3. The third-order valence-corrected chi connectivity index (χ3v) is 4.32. The van der Waals surface area contributed by atoms with Crippen LogP contribution < -0.4 is 5.32 Å². The predicted molar refractivity (Wildman–Crippen MR) is 102 cm³/mol. The van der Waals surface area contributed by atoms with Gasteiger partial charge in [0.2, 0.25) is 5.90 Å². The summed E-state index contributed by atoms with van der Waals surface area (Å²) in [4.78, 5) is 4.80. The van der Waals surface area contributed by atoms with Crippen LogP contribution in [0.3, 0.4) is 0 Å². The predicted octanol–water partition coefficient (Wildman–Crippen LogP) is 4.82. The average molecular weight is 328 g/mol. The van der Waals surface area contributed by atoms with Crippen molar-refractivity contribution in [1.82, 2.24) is 0 Å². The monoisotopic (exact) mass is 328 g/mol. The number of nitrogens with zero attached hydrogens (tertiary/aromatic N) is 1. The molecule has 0 saturated carbocycles. The molecule has 124 valence electrons. The maximum Gasteiger partial charge on any atom is 0.219 e. The van der Waals surface area contributed by atoms with E-state index in [0.717, 1.165) is 17.8 Å². The van der Waals surface area contributed by atoms with Crippen LogP contribution in [-0.2, 0) is 11.3 Å². The molecule has 1 atom stereocenters. The van der Waals surface area contributed by atoms with Crippen LogP contribution in [0.1, 0.15) is 22.7 Å². The van der Waals surface area contributed by atoms with Gasteiger partial charge in [0, 0.05) is 12.2 Å². The molecule has 4 rings (SSSR count). The molecule has 0 amide bonds. The Kier molecular flexibility index (Phi) is 4.46. The van der Waals surface area contributed by atoms with Crippen molar-refractivity contribution in [2.45, 2.75) is 12.6 Å². The lowest BCUT2D eigenvalue weighted by Gasteiger charge is -2.11. The lowest BCUT2D eigenvalue weighted by Crippen LogP contribution is -2.08. The minimum absolute atomic E-state index is 0.0679. The molecule has 3 nitrogen and oxygen atoms in total. The molecule has 0 fully saturated rings. The van der Waals surface area contributed by atoms with Crippen molar-refractivity contribution in [3.63, 3.8) is 0 Å². The fraction of sp³-hybridized carbons (Fsp3) is 0.136. The molecule has 0 saturated heterocycles. The van der Waals surface area contributed by atoms with E-state index in [1.54, 1.807) is 0 Å². The summed E-state index contributed by atoms with van der Waals surface area (Å²) < 4.78 is 5.91. The molecule has 3 heteroatoms. The summed E-state index contributed by atoms with van der Waals surface area (Å²) in [5.41, 5.74) is 4.48. The summed E-state index contributed by atoms with van der Waals surface area (Å²) >= 11 is 0. The Balaban J connectivity index is 1.55. The van der Waals surface area contributed by atoms with Gasteiger partial charge >= 0.3 is 0 Å². The van der Waals surface area contributed by atoms with Gasteiger partial charge in [-0.05, 0) is 23.3 Å². The minimum Gasteiger partial charge on any atom is -0.475 e. The van der Waals surface area contributed by atoms with Crippen LogP contribution in [0.25, 0.3) is 0 Å². The summed E-state index contributed by atoms with van der Waals surface area (Å²) in [7, 11) is 0. The van der Waals surface area contributed by atoms with Gasteiger partial charge in [0.1, 0.15) is 12.6 Å². The third-order valence-electron chi connectivity index (χ3n) is 4.32. The van der Waals surface area contributed by atoms with Crippen LogP contribution in [0.2, 0.25) is 0 Å². The number of para-hydroxylation sites is 1. The molecule has 3 aromatic rings. The van der Waals surface area contributed by atoms with Crippen LogP contribution >= 0.6 is 0 Å². The lowest BCUT2D eigenvalue weighted by atomic mass is 10.1. The number of ether oxygens (including phenoxy) is 1. The van der Waals surface area contributed by atoms with Gasteiger partial charge in [-0.25, -0.2) is 4.99 Å². The van der Waals surface area contributed by atoms with Crippen molar-refractivity contribution in [2.75, 3.05) is 11.9 Å². The number of nitrogens with one attached hydrogen (secondary N) is 1. The van der Waals surface area contributed by atoms with Gasteiger partial charge in [-0.1, -0.05) is 72.8 Å². The Morgan fingerprint density at radius 2 is 1.52 bits per heavy atom. The topological polar surface area (TPSA) is 33.6 Å². The first-order valence-corrected chi connectivity index (χ1v) is 8.53. The highest BCUT2D eigenvalue weighted by molar-refractivity contribution is 6.00. The number of hydrogen-bond acceptors (Lipinski definition) is 3. The first-order valence-electron chi connectivity index (χ1n) is 8.53.